The van der Waals surface area contributed by atoms with Crippen molar-refractivity contribution in [2.45, 2.75) is 18.4 Å². The molecular formula is C16H20ClFN2O4. The summed E-state index contributed by atoms with van der Waals surface area (Å²) in [5, 5.41) is 2.35. The Morgan fingerprint density at radius 2 is 2.12 bits per heavy atom. The SMILES string of the molecule is CNC(=O)C1(COC)CCCN1C(=O)c1cc(OC)cc(Cl)c1F. The van der Waals surface area contributed by atoms with Crippen LogP contribution in [0.5, 0.6) is 5.75 Å². The van der Waals surface area contributed by atoms with E-state index in [0.717, 1.165) is 0 Å². The van der Waals surface area contributed by atoms with Crippen molar-refractivity contribution < 1.29 is 23.5 Å². The fraction of sp³-hybridized carbons (Fsp3) is 0.500. The van der Waals surface area contributed by atoms with Crippen LogP contribution in [0.1, 0.15) is 23.2 Å². The van der Waals surface area contributed by atoms with E-state index < -0.39 is 17.3 Å². The van der Waals surface area contributed by atoms with Crippen LogP contribution in [0.25, 0.3) is 0 Å². The molecule has 0 spiro atoms. The number of carbonyl (C=O) groups excluding carboxylic acids is 2. The van der Waals surface area contributed by atoms with E-state index in [9.17, 15) is 14.0 Å². The summed E-state index contributed by atoms with van der Waals surface area (Å²) < 4.78 is 24.6. The summed E-state index contributed by atoms with van der Waals surface area (Å²) in [7, 11) is 4.34. The molecule has 1 aliphatic rings. The molecule has 24 heavy (non-hydrogen) atoms. The average Bonchev–Trinajstić information content (AvgIpc) is 3.00. The molecule has 1 heterocycles. The van der Waals surface area contributed by atoms with E-state index in [4.69, 9.17) is 21.1 Å². The molecule has 1 aliphatic heterocycles. The van der Waals surface area contributed by atoms with Crippen molar-refractivity contribution in [2.24, 2.45) is 0 Å². The van der Waals surface area contributed by atoms with Crippen LogP contribution >= 0.6 is 11.6 Å². The molecule has 2 rings (SSSR count). The van der Waals surface area contributed by atoms with Crippen molar-refractivity contribution in [3.05, 3.63) is 28.5 Å². The van der Waals surface area contributed by atoms with Crippen LogP contribution in [0.15, 0.2) is 12.1 Å². The number of hydrogen-bond donors (Lipinski definition) is 1. The van der Waals surface area contributed by atoms with Gasteiger partial charge in [0.1, 0.15) is 11.3 Å². The van der Waals surface area contributed by atoms with E-state index >= 15 is 0 Å². The van der Waals surface area contributed by atoms with Gasteiger partial charge in [0.2, 0.25) is 5.91 Å². The number of nitrogens with one attached hydrogen (secondary N) is 1. The van der Waals surface area contributed by atoms with E-state index in [1.807, 2.05) is 0 Å². The molecule has 1 aromatic carbocycles. The Balaban J connectivity index is 2.48. The maximum absolute atomic E-state index is 14.4. The van der Waals surface area contributed by atoms with Gasteiger partial charge in [-0.1, -0.05) is 11.6 Å². The summed E-state index contributed by atoms with van der Waals surface area (Å²) in [6.07, 6.45) is 1.05. The number of likely N-dealkylation sites (tertiary alicyclic amines) is 1. The van der Waals surface area contributed by atoms with Crippen LogP contribution in [0.3, 0.4) is 0 Å². The summed E-state index contributed by atoms with van der Waals surface area (Å²) >= 11 is 5.84. The van der Waals surface area contributed by atoms with Crippen LogP contribution in [0, 0.1) is 5.82 Å². The number of hydrogen-bond acceptors (Lipinski definition) is 4. The second-order valence-corrected chi connectivity index (χ2v) is 5.98. The Labute approximate surface area is 144 Å². The Morgan fingerprint density at radius 1 is 1.42 bits per heavy atom. The smallest absolute Gasteiger partial charge is 0.257 e. The first-order valence-electron chi connectivity index (χ1n) is 7.47. The molecule has 1 fully saturated rings. The number of methoxy groups -OCH3 is 2. The molecule has 1 unspecified atom stereocenters. The van der Waals surface area contributed by atoms with Crippen molar-refractivity contribution in [3.8, 4) is 5.75 Å². The predicted octanol–water partition coefficient (Wildman–Crippen LogP) is 1.85. The topological polar surface area (TPSA) is 67.9 Å². The maximum atomic E-state index is 14.4. The zero-order chi connectivity index (χ0) is 17.9. The molecule has 132 valence electrons. The first-order chi connectivity index (χ1) is 11.4. The van der Waals surface area contributed by atoms with Crippen LogP contribution in [0.4, 0.5) is 4.39 Å². The number of nitrogens with zero attached hydrogens (tertiary/aromatic N) is 1. The van der Waals surface area contributed by atoms with Gasteiger partial charge in [0, 0.05) is 26.8 Å². The van der Waals surface area contributed by atoms with E-state index in [2.05, 4.69) is 5.32 Å². The minimum Gasteiger partial charge on any atom is -0.497 e. The number of benzene rings is 1. The van der Waals surface area contributed by atoms with Gasteiger partial charge in [-0.15, -0.1) is 0 Å². The lowest BCUT2D eigenvalue weighted by atomic mass is 9.95. The quantitative estimate of drug-likeness (QED) is 0.872. The lowest BCUT2D eigenvalue weighted by Crippen LogP contribution is -2.59. The number of amides is 2. The van der Waals surface area contributed by atoms with Gasteiger partial charge in [-0.05, 0) is 18.9 Å². The molecule has 0 radical (unpaired) electrons. The summed E-state index contributed by atoms with van der Waals surface area (Å²) in [5.74, 6) is -1.53. The first-order valence-corrected chi connectivity index (χ1v) is 7.85. The van der Waals surface area contributed by atoms with Crippen LogP contribution in [-0.2, 0) is 9.53 Å². The fourth-order valence-electron chi connectivity index (χ4n) is 3.08. The number of halogens is 2. The lowest BCUT2D eigenvalue weighted by Gasteiger charge is -2.36. The zero-order valence-corrected chi connectivity index (χ0v) is 14.6. The van der Waals surface area contributed by atoms with Gasteiger partial charge < -0.3 is 19.7 Å². The van der Waals surface area contributed by atoms with Crippen LogP contribution < -0.4 is 10.1 Å². The van der Waals surface area contributed by atoms with Crippen molar-refractivity contribution >= 4 is 23.4 Å². The largest absolute Gasteiger partial charge is 0.497 e. The lowest BCUT2D eigenvalue weighted by molar-refractivity contribution is -0.133. The fourth-order valence-corrected chi connectivity index (χ4v) is 3.29. The van der Waals surface area contributed by atoms with Crippen molar-refractivity contribution in [1.82, 2.24) is 10.2 Å². The minimum absolute atomic E-state index is 0.0255. The Bertz CT molecular complexity index is 655. The van der Waals surface area contributed by atoms with Crippen molar-refractivity contribution in [3.63, 3.8) is 0 Å². The Morgan fingerprint density at radius 3 is 2.71 bits per heavy atom. The van der Waals surface area contributed by atoms with Gasteiger partial charge in [-0.2, -0.15) is 0 Å². The molecule has 8 heteroatoms. The van der Waals surface area contributed by atoms with E-state index in [1.165, 1.54) is 38.3 Å². The van der Waals surface area contributed by atoms with Gasteiger partial charge in [0.05, 0.1) is 24.3 Å². The molecular weight excluding hydrogens is 339 g/mol. The Kier molecular flexibility index (Phi) is 5.66. The first kappa shape index (κ1) is 18.5. The second-order valence-electron chi connectivity index (χ2n) is 5.57. The molecule has 0 saturated carbocycles. The average molecular weight is 359 g/mol. The normalized spacial score (nSPS) is 20.1. The molecule has 1 atom stereocenters. The third-order valence-electron chi connectivity index (χ3n) is 4.23. The molecule has 0 aromatic heterocycles. The number of carbonyl (C=O) groups is 2. The highest BCUT2D eigenvalue weighted by atomic mass is 35.5. The van der Waals surface area contributed by atoms with Gasteiger partial charge in [0.15, 0.2) is 5.82 Å². The highest BCUT2D eigenvalue weighted by Crippen LogP contribution is 2.34. The van der Waals surface area contributed by atoms with Crippen molar-refractivity contribution in [2.75, 3.05) is 34.4 Å². The van der Waals surface area contributed by atoms with Gasteiger partial charge in [-0.25, -0.2) is 4.39 Å². The second kappa shape index (κ2) is 7.36. The monoisotopic (exact) mass is 358 g/mol. The van der Waals surface area contributed by atoms with E-state index in [1.54, 1.807) is 0 Å². The summed E-state index contributed by atoms with van der Waals surface area (Å²) in [4.78, 5) is 26.7. The third-order valence-corrected chi connectivity index (χ3v) is 4.51. The van der Waals surface area contributed by atoms with Gasteiger partial charge in [-0.3, -0.25) is 9.59 Å². The van der Waals surface area contributed by atoms with Crippen molar-refractivity contribution in [1.29, 1.82) is 0 Å². The highest BCUT2D eigenvalue weighted by Gasteiger charge is 2.50. The molecule has 0 bridgehead atoms. The molecule has 1 aromatic rings. The van der Waals surface area contributed by atoms with Gasteiger partial charge >= 0.3 is 0 Å². The van der Waals surface area contributed by atoms with E-state index in [0.29, 0.717) is 19.4 Å². The zero-order valence-electron chi connectivity index (χ0n) is 13.8. The summed E-state index contributed by atoms with van der Waals surface area (Å²) in [5.41, 5.74) is -1.40. The Hall–Kier alpha value is -1.86. The predicted molar refractivity (Wildman–Crippen MR) is 86.9 cm³/mol. The standard InChI is InChI=1S/C16H20ClFN2O4/c1-19-15(22)16(9-23-2)5-4-6-20(16)14(21)11-7-10(24-3)8-12(17)13(11)18/h7-8H,4-6,9H2,1-3H3,(H,19,22). The van der Waals surface area contributed by atoms with Crippen LogP contribution in [0.2, 0.25) is 5.02 Å². The molecule has 1 saturated heterocycles. The minimum atomic E-state index is -1.16. The molecule has 1 N–H and O–H groups in total. The molecule has 0 aliphatic carbocycles. The third kappa shape index (κ3) is 3.06. The number of likely N-dealkylation sites (N-methyl/N-ethyl adjacent to an activating group) is 1. The maximum Gasteiger partial charge on any atom is 0.257 e. The van der Waals surface area contributed by atoms with E-state index in [-0.39, 0.29) is 28.8 Å². The number of ether oxygens (including phenoxy) is 2. The summed E-state index contributed by atoms with van der Waals surface area (Å²) in [6, 6.07) is 2.57. The molecule has 2 amide bonds. The van der Waals surface area contributed by atoms with Gasteiger partial charge in [0.25, 0.3) is 5.91 Å². The molecule has 6 nitrogen and oxygen atoms in total. The van der Waals surface area contributed by atoms with Crippen LogP contribution in [-0.4, -0.2) is 56.7 Å². The summed E-state index contributed by atoms with van der Waals surface area (Å²) in [6.45, 7) is 0.349. The number of rotatable bonds is 5. The highest BCUT2D eigenvalue weighted by molar-refractivity contribution is 6.31.